The van der Waals surface area contributed by atoms with Gasteiger partial charge >= 0.3 is 0 Å². The Bertz CT molecular complexity index is 968. The molecule has 0 atom stereocenters. The number of carbonyl (C=O) groups excluding carboxylic acids is 1. The number of nitrogens with zero attached hydrogens (tertiary/aromatic N) is 2. The number of anilines is 3. The van der Waals surface area contributed by atoms with Crippen LogP contribution in [0.3, 0.4) is 0 Å². The van der Waals surface area contributed by atoms with Crippen molar-refractivity contribution in [1.29, 1.82) is 0 Å². The van der Waals surface area contributed by atoms with Crippen molar-refractivity contribution in [2.75, 3.05) is 17.7 Å². The van der Waals surface area contributed by atoms with Crippen LogP contribution in [0.15, 0.2) is 48.7 Å². The van der Waals surface area contributed by atoms with Crippen molar-refractivity contribution in [2.45, 2.75) is 13.8 Å². The standard InChI is InChI=1S/C20H19ClN4O2/c1-12-10-13(2)18(14(21)11-12)25-19(26)16-8-9-22-20(24-16)23-15-6-4-5-7-17(15)27-3/h4-11H,1-3H3,(H,25,26)(H,22,23,24). The minimum Gasteiger partial charge on any atom is -0.495 e. The van der Waals surface area contributed by atoms with E-state index in [0.29, 0.717) is 28.1 Å². The number of para-hydroxylation sites is 2. The second-order valence-corrected chi connectivity index (χ2v) is 6.39. The zero-order valence-electron chi connectivity index (χ0n) is 15.2. The Labute approximate surface area is 162 Å². The summed E-state index contributed by atoms with van der Waals surface area (Å²) in [5.74, 6) is 0.575. The Morgan fingerprint density at radius 3 is 2.67 bits per heavy atom. The van der Waals surface area contributed by atoms with E-state index >= 15 is 0 Å². The van der Waals surface area contributed by atoms with E-state index in [0.717, 1.165) is 11.1 Å². The molecule has 1 heterocycles. The third-order valence-corrected chi connectivity index (χ3v) is 4.21. The molecule has 0 spiro atoms. The summed E-state index contributed by atoms with van der Waals surface area (Å²) in [7, 11) is 1.58. The van der Waals surface area contributed by atoms with Crippen LogP contribution in [0.5, 0.6) is 5.75 Å². The number of halogens is 1. The molecule has 1 aromatic heterocycles. The number of hydrogen-bond donors (Lipinski definition) is 2. The third-order valence-electron chi connectivity index (χ3n) is 3.91. The SMILES string of the molecule is COc1ccccc1Nc1nccc(C(=O)Nc2c(C)cc(C)cc2Cl)n1. The largest absolute Gasteiger partial charge is 0.495 e. The number of ether oxygens (including phenoxy) is 1. The van der Waals surface area contributed by atoms with Gasteiger partial charge in [0.15, 0.2) is 0 Å². The molecule has 7 heteroatoms. The molecule has 0 aliphatic heterocycles. The molecule has 0 radical (unpaired) electrons. The Morgan fingerprint density at radius 1 is 1.15 bits per heavy atom. The van der Waals surface area contributed by atoms with E-state index in [1.54, 1.807) is 19.2 Å². The van der Waals surface area contributed by atoms with Gasteiger partial charge in [-0.15, -0.1) is 0 Å². The van der Waals surface area contributed by atoms with Crippen LogP contribution in [0, 0.1) is 13.8 Å². The van der Waals surface area contributed by atoms with Gasteiger partial charge in [0, 0.05) is 6.20 Å². The van der Waals surface area contributed by atoms with Crippen LogP contribution in [-0.2, 0) is 0 Å². The highest BCUT2D eigenvalue weighted by Crippen LogP contribution is 2.28. The summed E-state index contributed by atoms with van der Waals surface area (Å²) in [5.41, 5.74) is 3.41. The van der Waals surface area contributed by atoms with Crippen molar-refractivity contribution < 1.29 is 9.53 Å². The van der Waals surface area contributed by atoms with Gasteiger partial charge in [-0.1, -0.05) is 29.8 Å². The maximum absolute atomic E-state index is 12.6. The first kappa shape index (κ1) is 18.7. The number of aryl methyl sites for hydroxylation is 2. The van der Waals surface area contributed by atoms with Crippen LogP contribution < -0.4 is 15.4 Å². The number of rotatable bonds is 5. The van der Waals surface area contributed by atoms with Crippen LogP contribution in [0.1, 0.15) is 21.6 Å². The quantitative estimate of drug-likeness (QED) is 0.665. The normalized spacial score (nSPS) is 10.4. The Balaban J connectivity index is 1.82. The molecule has 2 aromatic carbocycles. The molecule has 0 saturated heterocycles. The van der Waals surface area contributed by atoms with Crippen LogP contribution in [-0.4, -0.2) is 23.0 Å². The number of methoxy groups -OCH3 is 1. The number of nitrogens with one attached hydrogen (secondary N) is 2. The summed E-state index contributed by atoms with van der Waals surface area (Å²) >= 11 is 6.26. The smallest absolute Gasteiger partial charge is 0.274 e. The zero-order valence-corrected chi connectivity index (χ0v) is 16.0. The highest BCUT2D eigenvalue weighted by Gasteiger charge is 2.14. The summed E-state index contributed by atoms with van der Waals surface area (Å²) in [6.45, 7) is 3.84. The summed E-state index contributed by atoms with van der Waals surface area (Å²) in [5, 5.41) is 6.37. The maximum atomic E-state index is 12.6. The fraction of sp³-hybridized carbons (Fsp3) is 0.150. The molecule has 27 heavy (non-hydrogen) atoms. The molecule has 1 amide bonds. The van der Waals surface area contributed by atoms with Crippen molar-refractivity contribution >= 4 is 34.8 Å². The topological polar surface area (TPSA) is 76.1 Å². The lowest BCUT2D eigenvalue weighted by atomic mass is 10.1. The summed E-state index contributed by atoms with van der Waals surface area (Å²) in [6, 6.07) is 12.7. The molecule has 6 nitrogen and oxygen atoms in total. The Hall–Kier alpha value is -3.12. The minimum absolute atomic E-state index is 0.221. The van der Waals surface area contributed by atoms with Crippen molar-refractivity contribution in [3.63, 3.8) is 0 Å². The average molecular weight is 383 g/mol. The van der Waals surface area contributed by atoms with Crippen molar-refractivity contribution in [3.8, 4) is 5.75 Å². The highest BCUT2D eigenvalue weighted by molar-refractivity contribution is 6.34. The van der Waals surface area contributed by atoms with E-state index in [1.165, 1.54) is 6.20 Å². The first-order chi connectivity index (χ1) is 13.0. The van der Waals surface area contributed by atoms with Crippen LogP contribution in [0.25, 0.3) is 0 Å². The van der Waals surface area contributed by atoms with E-state index in [9.17, 15) is 4.79 Å². The van der Waals surface area contributed by atoms with Gasteiger partial charge in [-0.05, 0) is 49.2 Å². The molecule has 0 aliphatic carbocycles. The van der Waals surface area contributed by atoms with Crippen LogP contribution >= 0.6 is 11.6 Å². The molecular weight excluding hydrogens is 364 g/mol. The van der Waals surface area contributed by atoms with Gasteiger partial charge in [0.1, 0.15) is 11.4 Å². The second kappa shape index (κ2) is 8.05. The summed E-state index contributed by atoms with van der Waals surface area (Å²) in [4.78, 5) is 21.1. The number of amides is 1. The van der Waals surface area contributed by atoms with Gasteiger partial charge in [-0.3, -0.25) is 4.79 Å². The summed E-state index contributed by atoms with van der Waals surface area (Å²) in [6.07, 6.45) is 1.52. The lowest BCUT2D eigenvalue weighted by Gasteiger charge is -2.12. The van der Waals surface area contributed by atoms with Crippen LogP contribution in [0.2, 0.25) is 5.02 Å². The minimum atomic E-state index is -0.366. The average Bonchev–Trinajstić information content (AvgIpc) is 2.65. The lowest BCUT2D eigenvalue weighted by Crippen LogP contribution is -2.16. The van der Waals surface area contributed by atoms with Crippen LogP contribution in [0.4, 0.5) is 17.3 Å². The predicted octanol–water partition coefficient (Wildman–Crippen LogP) is 4.75. The zero-order chi connectivity index (χ0) is 19.4. The molecular formula is C20H19ClN4O2. The number of benzene rings is 2. The highest BCUT2D eigenvalue weighted by atomic mass is 35.5. The monoisotopic (exact) mass is 382 g/mol. The Morgan fingerprint density at radius 2 is 1.93 bits per heavy atom. The van der Waals surface area contributed by atoms with E-state index in [2.05, 4.69) is 20.6 Å². The molecule has 0 aliphatic rings. The number of hydrogen-bond acceptors (Lipinski definition) is 5. The Kier molecular flexibility index (Phi) is 5.57. The maximum Gasteiger partial charge on any atom is 0.274 e. The van der Waals surface area contributed by atoms with Gasteiger partial charge in [0.05, 0.1) is 23.5 Å². The predicted molar refractivity (Wildman–Crippen MR) is 107 cm³/mol. The van der Waals surface area contributed by atoms with Gasteiger partial charge in [0.2, 0.25) is 5.95 Å². The van der Waals surface area contributed by atoms with Gasteiger partial charge in [-0.2, -0.15) is 0 Å². The van der Waals surface area contributed by atoms with Crippen molar-refractivity contribution in [3.05, 3.63) is 70.5 Å². The van der Waals surface area contributed by atoms with E-state index in [1.807, 2.05) is 44.2 Å². The van der Waals surface area contributed by atoms with E-state index < -0.39 is 0 Å². The number of aromatic nitrogens is 2. The van der Waals surface area contributed by atoms with E-state index in [4.69, 9.17) is 16.3 Å². The van der Waals surface area contributed by atoms with Gasteiger partial charge in [-0.25, -0.2) is 9.97 Å². The molecule has 0 unspecified atom stereocenters. The van der Waals surface area contributed by atoms with Gasteiger partial charge < -0.3 is 15.4 Å². The molecule has 2 N–H and O–H groups in total. The fourth-order valence-electron chi connectivity index (χ4n) is 2.67. The lowest BCUT2D eigenvalue weighted by molar-refractivity contribution is 0.102. The third kappa shape index (κ3) is 4.35. The summed E-state index contributed by atoms with van der Waals surface area (Å²) < 4.78 is 5.30. The second-order valence-electron chi connectivity index (χ2n) is 5.98. The molecule has 0 saturated carbocycles. The first-order valence-corrected chi connectivity index (χ1v) is 8.67. The fourth-order valence-corrected chi connectivity index (χ4v) is 3.03. The molecule has 0 bridgehead atoms. The molecule has 138 valence electrons. The molecule has 3 aromatic rings. The number of carbonyl (C=O) groups is 1. The van der Waals surface area contributed by atoms with Crippen molar-refractivity contribution in [2.24, 2.45) is 0 Å². The first-order valence-electron chi connectivity index (χ1n) is 8.29. The molecule has 0 fully saturated rings. The molecule has 3 rings (SSSR count). The van der Waals surface area contributed by atoms with E-state index in [-0.39, 0.29) is 11.6 Å². The van der Waals surface area contributed by atoms with Gasteiger partial charge in [0.25, 0.3) is 5.91 Å². The van der Waals surface area contributed by atoms with Crippen molar-refractivity contribution in [1.82, 2.24) is 9.97 Å².